The standard InChI is InChI=1S/C19H23N3O2/c1-14-6-8-16(9-7-14)19(24)22-13-12-21-18(23)11-10-15-4-2-3-5-17(15)20/h2-9H,10-13,20H2,1H3,(H,21,23)(H,22,24). The molecule has 0 aliphatic carbocycles. The fourth-order valence-electron chi connectivity index (χ4n) is 2.28. The summed E-state index contributed by atoms with van der Waals surface area (Å²) < 4.78 is 0. The van der Waals surface area contributed by atoms with Gasteiger partial charge in [-0.3, -0.25) is 9.59 Å². The molecule has 0 radical (unpaired) electrons. The minimum absolute atomic E-state index is 0.0529. The van der Waals surface area contributed by atoms with Crippen LogP contribution in [0.1, 0.15) is 27.9 Å². The highest BCUT2D eigenvalue weighted by atomic mass is 16.2. The number of carbonyl (C=O) groups excluding carboxylic acids is 2. The highest BCUT2D eigenvalue weighted by Crippen LogP contribution is 2.12. The van der Waals surface area contributed by atoms with E-state index in [2.05, 4.69) is 10.6 Å². The highest BCUT2D eigenvalue weighted by Gasteiger charge is 2.06. The zero-order valence-corrected chi connectivity index (χ0v) is 13.8. The maximum Gasteiger partial charge on any atom is 0.251 e. The van der Waals surface area contributed by atoms with E-state index in [4.69, 9.17) is 5.73 Å². The van der Waals surface area contributed by atoms with Gasteiger partial charge in [-0.25, -0.2) is 0 Å². The molecule has 0 saturated carbocycles. The lowest BCUT2D eigenvalue weighted by Gasteiger charge is -2.08. The van der Waals surface area contributed by atoms with Crippen LogP contribution in [0.15, 0.2) is 48.5 Å². The van der Waals surface area contributed by atoms with Crippen LogP contribution < -0.4 is 16.4 Å². The van der Waals surface area contributed by atoms with Gasteiger partial charge in [0.25, 0.3) is 5.91 Å². The van der Waals surface area contributed by atoms with Crippen LogP contribution in [-0.2, 0) is 11.2 Å². The average Bonchev–Trinajstić information content (AvgIpc) is 2.58. The molecule has 0 aliphatic heterocycles. The van der Waals surface area contributed by atoms with Crippen molar-refractivity contribution < 1.29 is 9.59 Å². The van der Waals surface area contributed by atoms with E-state index in [9.17, 15) is 9.59 Å². The number of anilines is 1. The molecule has 0 heterocycles. The van der Waals surface area contributed by atoms with Crippen molar-refractivity contribution in [1.82, 2.24) is 10.6 Å². The quantitative estimate of drug-likeness (QED) is 0.538. The number of aryl methyl sites for hydroxylation is 2. The monoisotopic (exact) mass is 325 g/mol. The minimum atomic E-state index is -0.138. The van der Waals surface area contributed by atoms with Crippen molar-refractivity contribution in [2.24, 2.45) is 0 Å². The molecule has 0 unspecified atom stereocenters. The number of nitrogens with two attached hydrogens (primary N) is 1. The fourth-order valence-corrected chi connectivity index (χ4v) is 2.28. The van der Waals surface area contributed by atoms with Crippen LogP contribution in [0.3, 0.4) is 0 Å². The second-order valence-electron chi connectivity index (χ2n) is 5.67. The topological polar surface area (TPSA) is 84.2 Å². The lowest BCUT2D eigenvalue weighted by Crippen LogP contribution is -2.34. The molecule has 0 aromatic heterocycles. The predicted molar refractivity (Wildman–Crippen MR) is 95.7 cm³/mol. The van der Waals surface area contributed by atoms with Crippen molar-refractivity contribution in [2.45, 2.75) is 19.8 Å². The minimum Gasteiger partial charge on any atom is -0.399 e. The van der Waals surface area contributed by atoms with Crippen LogP contribution in [0.4, 0.5) is 5.69 Å². The smallest absolute Gasteiger partial charge is 0.251 e. The third-order valence-electron chi connectivity index (χ3n) is 3.72. The first-order valence-electron chi connectivity index (χ1n) is 8.01. The number of hydrogen-bond donors (Lipinski definition) is 3. The van der Waals surface area contributed by atoms with Crippen molar-refractivity contribution in [1.29, 1.82) is 0 Å². The molecule has 2 aromatic carbocycles. The number of para-hydroxylation sites is 1. The van der Waals surface area contributed by atoms with Crippen LogP contribution in [0.5, 0.6) is 0 Å². The Bertz CT molecular complexity index is 696. The summed E-state index contributed by atoms with van der Waals surface area (Å²) in [6.07, 6.45) is 0.981. The van der Waals surface area contributed by atoms with Gasteiger partial charge in [0, 0.05) is 30.8 Å². The summed E-state index contributed by atoms with van der Waals surface area (Å²) in [5.41, 5.74) is 9.25. The van der Waals surface area contributed by atoms with Gasteiger partial charge in [0.2, 0.25) is 5.91 Å². The van der Waals surface area contributed by atoms with E-state index < -0.39 is 0 Å². The summed E-state index contributed by atoms with van der Waals surface area (Å²) >= 11 is 0. The molecule has 0 spiro atoms. The van der Waals surface area contributed by atoms with Crippen LogP contribution in [-0.4, -0.2) is 24.9 Å². The Labute approximate surface area is 142 Å². The largest absolute Gasteiger partial charge is 0.399 e. The van der Waals surface area contributed by atoms with Gasteiger partial charge in [-0.15, -0.1) is 0 Å². The van der Waals surface area contributed by atoms with Gasteiger partial charge in [-0.2, -0.15) is 0 Å². The molecule has 0 saturated heterocycles. The van der Waals surface area contributed by atoms with Crippen LogP contribution in [0, 0.1) is 6.92 Å². The van der Waals surface area contributed by atoms with E-state index >= 15 is 0 Å². The molecule has 2 rings (SSSR count). The molecule has 0 atom stereocenters. The maximum absolute atomic E-state index is 11.9. The van der Waals surface area contributed by atoms with Gasteiger partial charge in [0.15, 0.2) is 0 Å². The first-order valence-corrected chi connectivity index (χ1v) is 8.01. The molecule has 0 fully saturated rings. The molecule has 2 amide bonds. The van der Waals surface area contributed by atoms with Gasteiger partial charge in [-0.05, 0) is 37.1 Å². The lowest BCUT2D eigenvalue weighted by molar-refractivity contribution is -0.121. The third-order valence-corrected chi connectivity index (χ3v) is 3.72. The number of hydrogen-bond acceptors (Lipinski definition) is 3. The van der Waals surface area contributed by atoms with E-state index in [0.29, 0.717) is 37.2 Å². The Balaban J connectivity index is 1.65. The van der Waals surface area contributed by atoms with Crippen LogP contribution in [0.25, 0.3) is 0 Å². The van der Waals surface area contributed by atoms with Crippen molar-refractivity contribution in [3.8, 4) is 0 Å². The maximum atomic E-state index is 11.9. The van der Waals surface area contributed by atoms with Crippen LogP contribution >= 0.6 is 0 Å². The number of rotatable bonds is 7. The Kier molecular flexibility index (Phi) is 6.37. The summed E-state index contributed by atoms with van der Waals surface area (Å²) in [6.45, 7) is 2.77. The Morgan fingerprint density at radius 3 is 2.33 bits per heavy atom. The summed E-state index contributed by atoms with van der Waals surface area (Å²) in [6, 6.07) is 14.9. The molecule has 2 aromatic rings. The molecule has 5 nitrogen and oxygen atoms in total. The summed E-state index contributed by atoms with van der Waals surface area (Å²) in [5, 5.41) is 5.58. The van der Waals surface area contributed by atoms with E-state index in [0.717, 1.165) is 11.1 Å². The van der Waals surface area contributed by atoms with Crippen molar-refractivity contribution in [2.75, 3.05) is 18.8 Å². The SMILES string of the molecule is Cc1ccc(C(=O)NCCNC(=O)CCc2ccccc2N)cc1. The molecule has 5 heteroatoms. The highest BCUT2D eigenvalue weighted by molar-refractivity contribution is 5.94. The number of benzene rings is 2. The lowest BCUT2D eigenvalue weighted by atomic mass is 10.1. The second kappa shape index (κ2) is 8.72. The van der Waals surface area contributed by atoms with Gasteiger partial charge < -0.3 is 16.4 Å². The van der Waals surface area contributed by atoms with Crippen LogP contribution in [0.2, 0.25) is 0 Å². The van der Waals surface area contributed by atoms with E-state index in [1.54, 1.807) is 12.1 Å². The number of amides is 2. The summed E-state index contributed by atoms with van der Waals surface area (Å²) in [7, 11) is 0. The average molecular weight is 325 g/mol. The molecule has 24 heavy (non-hydrogen) atoms. The Morgan fingerprint density at radius 2 is 1.62 bits per heavy atom. The molecule has 4 N–H and O–H groups in total. The third kappa shape index (κ3) is 5.43. The Hall–Kier alpha value is -2.82. The fraction of sp³-hybridized carbons (Fsp3) is 0.263. The Morgan fingerprint density at radius 1 is 0.958 bits per heavy atom. The molecular weight excluding hydrogens is 302 g/mol. The molecular formula is C19H23N3O2. The summed E-state index contributed by atoms with van der Waals surface area (Å²) in [4.78, 5) is 23.7. The zero-order valence-electron chi connectivity index (χ0n) is 13.8. The first-order chi connectivity index (χ1) is 11.6. The van der Waals surface area contributed by atoms with Crippen molar-refractivity contribution >= 4 is 17.5 Å². The van der Waals surface area contributed by atoms with E-state index in [-0.39, 0.29) is 11.8 Å². The van der Waals surface area contributed by atoms with Crippen molar-refractivity contribution in [3.63, 3.8) is 0 Å². The van der Waals surface area contributed by atoms with Gasteiger partial charge in [0.1, 0.15) is 0 Å². The van der Waals surface area contributed by atoms with Crippen molar-refractivity contribution in [3.05, 3.63) is 65.2 Å². The van der Waals surface area contributed by atoms with E-state index in [1.165, 1.54) is 0 Å². The first kappa shape index (κ1) is 17.5. The number of nitrogens with one attached hydrogen (secondary N) is 2. The number of nitrogen functional groups attached to an aromatic ring is 1. The summed E-state index contributed by atoms with van der Waals surface area (Å²) in [5.74, 6) is -0.191. The van der Waals surface area contributed by atoms with Gasteiger partial charge in [-0.1, -0.05) is 35.9 Å². The predicted octanol–water partition coefficient (Wildman–Crippen LogP) is 2.06. The zero-order chi connectivity index (χ0) is 17.4. The molecule has 126 valence electrons. The molecule has 0 bridgehead atoms. The van der Waals surface area contributed by atoms with Gasteiger partial charge in [0.05, 0.1) is 0 Å². The normalized spacial score (nSPS) is 10.2. The van der Waals surface area contributed by atoms with Gasteiger partial charge >= 0.3 is 0 Å². The molecule has 0 aliphatic rings. The number of carbonyl (C=O) groups is 2. The second-order valence-corrected chi connectivity index (χ2v) is 5.67. The van der Waals surface area contributed by atoms with E-state index in [1.807, 2.05) is 43.3 Å².